The standard InChI is InChI=1S/C8H13N/c1-4-5-7-8(9-7)6(2)3/h6-9H,1-3H3/t7-,8+/m1/s1. The molecule has 1 aliphatic heterocycles. The zero-order valence-electron chi connectivity index (χ0n) is 6.23. The summed E-state index contributed by atoms with van der Waals surface area (Å²) in [6.45, 7) is 6.32. The van der Waals surface area contributed by atoms with Gasteiger partial charge in [-0.25, -0.2) is 0 Å². The molecule has 1 saturated heterocycles. The largest absolute Gasteiger partial charge is 0.297 e. The molecule has 0 spiro atoms. The van der Waals surface area contributed by atoms with Gasteiger partial charge in [-0.2, -0.15) is 0 Å². The monoisotopic (exact) mass is 123 g/mol. The minimum absolute atomic E-state index is 0.495. The van der Waals surface area contributed by atoms with E-state index in [0.29, 0.717) is 12.1 Å². The van der Waals surface area contributed by atoms with Crippen LogP contribution in [0.1, 0.15) is 20.8 Å². The summed E-state index contributed by atoms with van der Waals surface area (Å²) in [6.07, 6.45) is 0. The van der Waals surface area contributed by atoms with Crippen LogP contribution < -0.4 is 5.32 Å². The summed E-state index contributed by atoms with van der Waals surface area (Å²) in [5.74, 6) is 6.72. The summed E-state index contributed by atoms with van der Waals surface area (Å²) in [7, 11) is 0. The average molecular weight is 123 g/mol. The molecule has 2 atom stereocenters. The van der Waals surface area contributed by atoms with Crippen molar-refractivity contribution < 1.29 is 0 Å². The lowest BCUT2D eigenvalue weighted by molar-refractivity contribution is 0.627. The molecule has 1 aliphatic rings. The molecule has 0 aromatic carbocycles. The highest BCUT2D eigenvalue weighted by Crippen LogP contribution is 2.18. The van der Waals surface area contributed by atoms with Crippen LogP contribution in [0.2, 0.25) is 0 Å². The lowest BCUT2D eigenvalue weighted by Crippen LogP contribution is -2.01. The summed E-state index contributed by atoms with van der Waals surface area (Å²) in [5, 5.41) is 3.30. The number of hydrogen-bond donors (Lipinski definition) is 1. The zero-order valence-corrected chi connectivity index (χ0v) is 6.23. The molecule has 1 N–H and O–H groups in total. The highest BCUT2D eigenvalue weighted by Gasteiger charge is 2.36. The Morgan fingerprint density at radius 3 is 2.44 bits per heavy atom. The molecule has 1 heterocycles. The Hall–Kier alpha value is -0.480. The van der Waals surface area contributed by atoms with E-state index < -0.39 is 0 Å². The molecule has 1 fully saturated rings. The Bertz CT molecular complexity index is 150. The molecule has 0 bridgehead atoms. The van der Waals surface area contributed by atoms with Crippen LogP contribution in [0.3, 0.4) is 0 Å². The number of rotatable bonds is 1. The van der Waals surface area contributed by atoms with Gasteiger partial charge in [0, 0.05) is 6.04 Å². The van der Waals surface area contributed by atoms with Crippen molar-refractivity contribution >= 4 is 0 Å². The van der Waals surface area contributed by atoms with Crippen LogP contribution in [0.15, 0.2) is 0 Å². The van der Waals surface area contributed by atoms with Crippen LogP contribution in [0.5, 0.6) is 0 Å². The van der Waals surface area contributed by atoms with E-state index in [2.05, 4.69) is 31.0 Å². The fourth-order valence-electron chi connectivity index (χ4n) is 1.02. The van der Waals surface area contributed by atoms with Gasteiger partial charge in [-0.15, -0.1) is 5.92 Å². The SMILES string of the molecule is CC#C[C@H]1N[C@H]1C(C)C. The number of nitrogens with one attached hydrogen (secondary N) is 1. The Kier molecular flexibility index (Phi) is 1.78. The molecule has 0 aromatic rings. The normalized spacial score (nSPS) is 31.6. The van der Waals surface area contributed by atoms with Crippen molar-refractivity contribution in [2.24, 2.45) is 5.92 Å². The maximum atomic E-state index is 3.30. The predicted molar refractivity (Wildman–Crippen MR) is 39.0 cm³/mol. The molecular weight excluding hydrogens is 110 g/mol. The average Bonchev–Trinajstić information content (AvgIpc) is 2.47. The molecule has 50 valence electrons. The van der Waals surface area contributed by atoms with Crippen molar-refractivity contribution in [2.75, 3.05) is 0 Å². The van der Waals surface area contributed by atoms with Crippen molar-refractivity contribution in [3.8, 4) is 11.8 Å². The van der Waals surface area contributed by atoms with Gasteiger partial charge >= 0.3 is 0 Å². The van der Waals surface area contributed by atoms with Crippen LogP contribution in [0, 0.1) is 17.8 Å². The van der Waals surface area contributed by atoms with Gasteiger partial charge in [0.25, 0.3) is 0 Å². The van der Waals surface area contributed by atoms with Crippen molar-refractivity contribution in [1.82, 2.24) is 5.32 Å². The predicted octanol–water partition coefficient (Wildman–Crippen LogP) is 1.01. The van der Waals surface area contributed by atoms with Gasteiger partial charge in [-0.3, -0.25) is 5.32 Å². The Balaban J connectivity index is 2.30. The van der Waals surface area contributed by atoms with Gasteiger partial charge in [-0.05, 0) is 12.8 Å². The molecule has 0 saturated carbocycles. The van der Waals surface area contributed by atoms with Crippen LogP contribution >= 0.6 is 0 Å². The molecule has 9 heavy (non-hydrogen) atoms. The minimum Gasteiger partial charge on any atom is -0.297 e. The molecule has 0 aliphatic carbocycles. The van der Waals surface area contributed by atoms with E-state index in [1.807, 2.05) is 6.92 Å². The summed E-state index contributed by atoms with van der Waals surface area (Å²) in [5.41, 5.74) is 0. The molecule has 0 radical (unpaired) electrons. The van der Waals surface area contributed by atoms with Gasteiger partial charge in [0.15, 0.2) is 0 Å². The van der Waals surface area contributed by atoms with E-state index in [1.165, 1.54) is 0 Å². The van der Waals surface area contributed by atoms with Gasteiger partial charge in [0.05, 0.1) is 6.04 Å². The maximum absolute atomic E-state index is 3.30. The third kappa shape index (κ3) is 1.46. The molecule has 0 aromatic heterocycles. The third-order valence-corrected chi connectivity index (χ3v) is 1.64. The first-order valence-corrected chi connectivity index (χ1v) is 3.44. The second kappa shape index (κ2) is 2.41. The zero-order chi connectivity index (χ0) is 6.85. The molecule has 1 rings (SSSR count). The van der Waals surface area contributed by atoms with E-state index in [-0.39, 0.29) is 0 Å². The number of hydrogen-bond acceptors (Lipinski definition) is 1. The third-order valence-electron chi connectivity index (χ3n) is 1.64. The van der Waals surface area contributed by atoms with E-state index in [9.17, 15) is 0 Å². The van der Waals surface area contributed by atoms with E-state index in [0.717, 1.165) is 5.92 Å². The van der Waals surface area contributed by atoms with E-state index in [1.54, 1.807) is 0 Å². The van der Waals surface area contributed by atoms with E-state index >= 15 is 0 Å². The van der Waals surface area contributed by atoms with Crippen molar-refractivity contribution in [2.45, 2.75) is 32.9 Å². The lowest BCUT2D eigenvalue weighted by Gasteiger charge is -1.94. The van der Waals surface area contributed by atoms with Crippen molar-refractivity contribution in [3.05, 3.63) is 0 Å². The van der Waals surface area contributed by atoms with Gasteiger partial charge in [-0.1, -0.05) is 19.8 Å². The second-order valence-electron chi connectivity index (χ2n) is 2.81. The minimum atomic E-state index is 0.495. The Morgan fingerprint density at radius 2 is 2.11 bits per heavy atom. The molecule has 1 nitrogen and oxygen atoms in total. The van der Waals surface area contributed by atoms with Crippen LogP contribution in [-0.2, 0) is 0 Å². The van der Waals surface area contributed by atoms with Crippen molar-refractivity contribution in [3.63, 3.8) is 0 Å². The summed E-state index contributed by atoms with van der Waals surface area (Å²) < 4.78 is 0. The summed E-state index contributed by atoms with van der Waals surface area (Å²) in [6, 6.07) is 1.16. The fourth-order valence-corrected chi connectivity index (χ4v) is 1.02. The first-order valence-electron chi connectivity index (χ1n) is 3.44. The highest BCUT2D eigenvalue weighted by atomic mass is 15.1. The van der Waals surface area contributed by atoms with Crippen LogP contribution in [0.4, 0.5) is 0 Å². The van der Waals surface area contributed by atoms with Gasteiger partial charge in [0.2, 0.25) is 0 Å². The Morgan fingerprint density at radius 1 is 1.44 bits per heavy atom. The highest BCUT2D eigenvalue weighted by molar-refractivity contribution is 5.20. The van der Waals surface area contributed by atoms with Gasteiger partial charge < -0.3 is 0 Å². The topological polar surface area (TPSA) is 21.9 Å². The molecular formula is C8H13N. The van der Waals surface area contributed by atoms with Gasteiger partial charge in [0.1, 0.15) is 0 Å². The summed E-state index contributed by atoms with van der Waals surface area (Å²) >= 11 is 0. The quantitative estimate of drug-likeness (QED) is 0.408. The fraction of sp³-hybridized carbons (Fsp3) is 0.750. The smallest absolute Gasteiger partial charge is 0.0850 e. The Labute approximate surface area is 56.8 Å². The first-order chi connectivity index (χ1) is 4.25. The van der Waals surface area contributed by atoms with Crippen LogP contribution in [0.25, 0.3) is 0 Å². The molecule has 0 unspecified atom stereocenters. The molecule has 1 heteroatoms. The van der Waals surface area contributed by atoms with Crippen molar-refractivity contribution in [1.29, 1.82) is 0 Å². The first kappa shape index (κ1) is 6.64. The van der Waals surface area contributed by atoms with Crippen LogP contribution in [-0.4, -0.2) is 12.1 Å². The summed E-state index contributed by atoms with van der Waals surface area (Å²) in [4.78, 5) is 0. The second-order valence-corrected chi connectivity index (χ2v) is 2.81. The molecule has 0 amide bonds. The lowest BCUT2D eigenvalue weighted by atomic mass is 10.1. The van der Waals surface area contributed by atoms with E-state index in [4.69, 9.17) is 0 Å². The maximum Gasteiger partial charge on any atom is 0.0850 e.